The molecule has 0 amide bonds. The second-order valence-corrected chi connectivity index (χ2v) is 9.59. The zero-order chi connectivity index (χ0) is 21.4. The lowest BCUT2D eigenvalue weighted by atomic mass is 9.47. The van der Waals surface area contributed by atoms with Crippen molar-refractivity contribution in [2.45, 2.75) is 44.1 Å². The van der Waals surface area contributed by atoms with Crippen LogP contribution in [-0.2, 0) is 4.79 Å². The largest absolute Gasteiger partial charge is 0.481 e. The zero-order valence-electron chi connectivity index (χ0n) is 16.7. The highest BCUT2D eigenvalue weighted by molar-refractivity contribution is 5.91. The average Bonchev–Trinajstić information content (AvgIpc) is 3.11. The summed E-state index contributed by atoms with van der Waals surface area (Å²) in [5.74, 6) is -0.848. The molecule has 3 heterocycles. The van der Waals surface area contributed by atoms with Crippen molar-refractivity contribution >= 4 is 22.8 Å². The number of hydrogen-bond donors (Lipinski definition) is 3. The van der Waals surface area contributed by atoms with Crippen molar-refractivity contribution in [3.8, 4) is 11.4 Å². The number of pyridine rings is 1. The number of nitrogens with one attached hydrogen (secondary N) is 2. The fourth-order valence-corrected chi connectivity index (χ4v) is 6.66. The lowest BCUT2D eigenvalue weighted by Crippen LogP contribution is -2.61. The number of halogens is 2. The van der Waals surface area contributed by atoms with Crippen molar-refractivity contribution in [3.05, 3.63) is 36.3 Å². The van der Waals surface area contributed by atoms with E-state index < -0.39 is 28.6 Å². The molecule has 2 atom stereocenters. The summed E-state index contributed by atoms with van der Waals surface area (Å²) in [5, 5.41) is 13.8. The van der Waals surface area contributed by atoms with E-state index in [1.807, 2.05) is 0 Å². The second-order valence-electron chi connectivity index (χ2n) is 9.59. The van der Waals surface area contributed by atoms with E-state index in [9.17, 15) is 18.7 Å². The first-order chi connectivity index (χ1) is 14.8. The van der Waals surface area contributed by atoms with Crippen LogP contribution in [0.15, 0.2) is 24.7 Å². The molecule has 4 saturated carbocycles. The predicted octanol–water partition coefficient (Wildman–Crippen LogP) is 4.13. The Hall–Kier alpha value is -3.10. The SMILES string of the molecule is O=C(O)C12CC3CC(CC(Nc4nc(-c5c[nH]c6ncc(F)cc56)ncc4F)(C3)C1)C2. The van der Waals surface area contributed by atoms with Crippen LogP contribution in [0.2, 0.25) is 0 Å². The molecule has 4 aliphatic carbocycles. The Morgan fingerprint density at radius 3 is 2.68 bits per heavy atom. The number of aliphatic carboxylic acids is 1. The summed E-state index contributed by atoms with van der Waals surface area (Å²) in [7, 11) is 0. The summed E-state index contributed by atoms with van der Waals surface area (Å²) in [6, 6.07) is 1.34. The Morgan fingerprint density at radius 2 is 1.94 bits per heavy atom. The van der Waals surface area contributed by atoms with E-state index in [4.69, 9.17) is 0 Å². The first kappa shape index (κ1) is 18.7. The number of H-pyrrole nitrogens is 1. The smallest absolute Gasteiger partial charge is 0.309 e. The van der Waals surface area contributed by atoms with E-state index >= 15 is 0 Å². The highest BCUT2D eigenvalue weighted by atomic mass is 19.1. The average molecular weight is 425 g/mol. The number of carboxylic acids is 1. The van der Waals surface area contributed by atoms with Gasteiger partial charge in [-0.25, -0.2) is 23.7 Å². The molecule has 160 valence electrons. The summed E-state index contributed by atoms with van der Waals surface area (Å²) >= 11 is 0. The summed E-state index contributed by atoms with van der Waals surface area (Å²) in [5.41, 5.74) is -0.201. The third-order valence-corrected chi connectivity index (χ3v) is 7.38. The predicted molar refractivity (Wildman–Crippen MR) is 108 cm³/mol. The molecule has 0 saturated heterocycles. The van der Waals surface area contributed by atoms with Gasteiger partial charge in [0.05, 0.1) is 17.8 Å². The van der Waals surface area contributed by atoms with Gasteiger partial charge >= 0.3 is 5.97 Å². The zero-order valence-corrected chi connectivity index (χ0v) is 16.7. The molecule has 3 aromatic heterocycles. The molecular weight excluding hydrogens is 404 g/mol. The van der Waals surface area contributed by atoms with Crippen LogP contribution in [0.1, 0.15) is 38.5 Å². The number of fused-ring (bicyclic) bond motifs is 1. The molecule has 0 aliphatic heterocycles. The Labute approximate surface area is 176 Å². The maximum Gasteiger partial charge on any atom is 0.309 e. The minimum absolute atomic E-state index is 0.0613. The molecule has 9 heteroatoms. The van der Waals surface area contributed by atoms with Crippen LogP contribution in [0, 0.1) is 28.9 Å². The van der Waals surface area contributed by atoms with Crippen LogP contribution >= 0.6 is 0 Å². The summed E-state index contributed by atoms with van der Waals surface area (Å²) in [4.78, 5) is 27.6. The molecular formula is C22H21F2N5O2. The lowest BCUT2D eigenvalue weighted by Gasteiger charge is -2.60. The standard InChI is InChI=1S/C22H21F2N5O2/c23-13-2-14-15(8-26-17(14)25-7-13)18-27-9-16(24)19(28-18)29-22-5-11-1-12(6-22)4-21(3-11,10-22)20(30)31/h2,7-9,11-12H,1,3-6,10H2,(H,25,26)(H,30,31)(H,27,28,29). The number of anilines is 1. The molecule has 2 unspecified atom stereocenters. The van der Waals surface area contributed by atoms with Crippen molar-refractivity contribution in [1.82, 2.24) is 19.9 Å². The van der Waals surface area contributed by atoms with Crippen molar-refractivity contribution in [3.63, 3.8) is 0 Å². The summed E-state index contributed by atoms with van der Waals surface area (Å²) in [6.07, 6.45) is 8.40. The highest BCUT2D eigenvalue weighted by Gasteiger charge is 2.61. The van der Waals surface area contributed by atoms with Crippen LogP contribution in [0.3, 0.4) is 0 Å². The van der Waals surface area contributed by atoms with Gasteiger partial charge in [-0.1, -0.05) is 0 Å². The fraction of sp³-hybridized carbons (Fsp3) is 0.455. The second kappa shape index (κ2) is 6.21. The van der Waals surface area contributed by atoms with Crippen LogP contribution in [-0.4, -0.2) is 36.6 Å². The fourth-order valence-electron chi connectivity index (χ4n) is 6.66. The van der Waals surface area contributed by atoms with E-state index in [1.165, 1.54) is 6.07 Å². The van der Waals surface area contributed by atoms with Gasteiger partial charge < -0.3 is 15.4 Å². The molecule has 3 N–H and O–H groups in total. The maximum atomic E-state index is 14.7. The summed E-state index contributed by atoms with van der Waals surface area (Å²) < 4.78 is 28.5. The topological polar surface area (TPSA) is 104 Å². The van der Waals surface area contributed by atoms with Gasteiger partial charge in [0.15, 0.2) is 17.5 Å². The molecule has 4 bridgehead atoms. The van der Waals surface area contributed by atoms with E-state index in [2.05, 4.69) is 25.3 Å². The van der Waals surface area contributed by atoms with Crippen LogP contribution in [0.5, 0.6) is 0 Å². The van der Waals surface area contributed by atoms with E-state index in [0.29, 0.717) is 47.7 Å². The molecule has 0 aromatic carbocycles. The highest BCUT2D eigenvalue weighted by Crippen LogP contribution is 2.62. The molecule has 31 heavy (non-hydrogen) atoms. The van der Waals surface area contributed by atoms with Crippen LogP contribution < -0.4 is 5.32 Å². The van der Waals surface area contributed by atoms with Gasteiger partial charge in [0.2, 0.25) is 0 Å². The van der Waals surface area contributed by atoms with Crippen molar-refractivity contribution in [2.24, 2.45) is 17.3 Å². The Balaban J connectivity index is 1.38. The molecule has 7 nitrogen and oxygen atoms in total. The van der Waals surface area contributed by atoms with Gasteiger partial charge in [0, 0.05) is 22.7 Å². The van der Waals surface area contributed by atoms with Crippen LogP contribution in [0.4, 0.5) is 14.6 Å². The summed E-state index contributed by atoms with van der Waals surface area (Å²) in [6.45, 7) is 0. The van der Waals surface area contributed by atoms with Gasteiger partial charge in [0.25, 0.3) is 0 Å². The third kappa shape index (κ3) is 2.82. The Kier molecular flexibility index (Phi) is 3.74. The van der Waals surface area contributed by atoms with E-state index in [0.717, 1.165) is 31.7 Å². The first-order valence-electron chi connectivity index (χ1n) is 10.5. The number of nitrogens with zero attached hydrogens (tertiary/aromatic N) is 3. The monoisotopic (exact) mass is 425 g/mol. The number of aromatic amines is 1. The molecule has 7 rings (SSSR count). The van der Waals surface area contributed by atoms with Gasteiger partial charge in [-0.3, -0.25) is 4.79 Å². The van der Waals surface area contributed by atoms with Gasteiger partial charge in [-0.05, 0) is 56.4 Å². The lowest BCUT2D eigenvalue weighted by molar-refractivity contribution is -0.165. The number of rotatable bonds is 4. The van der Waals surface area contributed by atoms with Crippen molar-refractivity contribution in [1.29, 1.82) is 0 Å². The normalized spacial score (nSPS) is 31.3. The third-order valence-electron chi connectivity index (χ3n) is 7.38. The minimum atomic E-state index is -0.745. The molecule has 4 aliphatic rings. The number of hydrogen-bond acceptors (Lipinski definition) is 5. The van der Waals surface area contributed by atoms with Gasteiger partial charge in [0.1, 0.15) is 11.5 Å². The molecule has 4 fully saturated rings. The minimum Gasteiger partial charge on any atom is -0.481 e. The maximum absolute atomic E-state index is 14.7. The Bertz CT molecular complexity index is 1210. The van der Waals surface area contributed by atoms with Crippen molar-refractivity contribution < 1.29 is 18.7 Å². The Morgan fingerprint density at radius 1 is 1.16 bits per heavy atom. The number of carbonyl (C=O) groups is 1. The quantitative estimate of drug-likeness (QED) is 0.581. The molecule has 0 spiro atoms. The van der Waals surface area contributed by atoms with E-state index in [1.54, 1.807) is 6.20 Å². The van der Waals surface area contributed by atoms with Gasteiger partial charge in [-0.2, -0.15) is 0 Å². The number of carboxylic acid groups (broad SMARTS) is 1. The molecule has 0 radical (unpaired) electrons. The number of aromatic nitrogens is 4. The van der Waals surface area contributed by atoms with E-state index in [-0.39, 0.29) is 11.6 Å². The van der Waals surface area contributed by atoms with Gasteiger partial charge in [-0.15, -0.1) is 0 Å². The van der Waals surface area contributed by atoms with Crippen LogP contribution in [0.25, 0.3) is 22.4 Å². The molecule has 3 aromatic rings. The van der Waals surface area contributed by atoms with Crippen molar-refractivity contribution in [2.75, 3.05) is 5.32 Å². The first-order valence-corrected chi connectivity index (χ1v) is 10.5.